The van der Waals surface area contributed by atoms with Crippen molar-refractivity contribution in [3.63, 3.8) is 0 Å². The van der Waals surface area contributed by atoms with Gasteiger partial charge < -0.3 is 16.0 Å². The maximum absolute atomic E-state index is 14.3. The minimum Gasteiger partial charge on any atom is -0.326 e. The summed E-state index contributed by atoms with van der Waals surface area (Å²) in [7, 11) is 0. The van der Waals surface area contributed by atoms with Crippen LogP contribution in [-0.4, -0.2) is 22.1 Å². The van der Waals surface area contributed by atoms with Crippen LogP contribution in [0.1, 0.15) is 28.8 Å². The van der Waals surface area contributed by atoms with Crippen molar-refractivity contribution in [2.24, 2.45) is 5.92 Å². The van der Waals surface area contributed by atoms with Gasteiger partial charge in [0, 0.05) is 24.6 Å². The number of nitrogens with one attached hydrogen (secondary N) is 3. The van der Waals surface area contributed by atoms with Crippen molar-refractivity contribution in [3.05, 3.63) is 85.3 Å². The maximum Gasteiger partial charge on any atom is 0.257 e. The summed E-state index contributed by atoms with van der Waals surface area (Å²) in [4.78, 5) is 37.2. The number of carbonyl (C=O) groups is 3. The van der Waals surface area contributed by atoms with Crippen molar-refractivity contribution >= 4 is 104 Å². The second-order valence-electron chi connectivity index (χ2n) is 8.56. The van der Waals surface area contributed by atoms with Gasteiger partial charge in [0.1, 0.15) is 16.0 Å². The molecule has 14 heteroatoms. The Balaban J connectivity index is 1.53. The van der Waals surface area contributed by atoms with E-state index in [2.05, 4.69) is 16.0 Å². The molecule has 0 heterocycles. The molecule has 0 spiro atoms. The highest BCUT2D eigenvalue weighted by Crippen LogP contribution is 2.65. The lowest BCUT2D eigenvalue weighted by molar-refractivity contribution is -0.117. The molecule has 1 aliphatic carbocycles. The number of hydrogen-bond acceptors (Lipinski definition) is 3. The first-order valence-corrected chi connectivity index (χ1v) is 13.2. The first-order valence-electron chi connectivity index (χ1n) is 10.9. The van der Waals surface area contributed by atoms with Gasteiger partial charge in [-0.2, -0.15) is 0 Å². The first-order chi connectivity index (χ1) is 18.2. The zero-order valence-corrected chi connectivity index (χ0v) is 24.0. The molecule has 4 rings (SSSR count). The van der Waals surface area contributed by atoms with Crippen LogP contribution in [0.25, 0.3) is 0 Å². The lowest BCUT2D eigenvalue weighted by Crippen LogP contribution is -2.18. The number of anilines is 3. The molecule has 2 atom stereocenters. The number of alkyl halides is 2. The first kappa shape index (κ1) is 29.6. The van der Waals surface area contributed by atoms with Crippen LogP contribution in [0.3, 0.4) is 0 Å². The van der Waals surface area contributed by atoms with E-state index in [0.717, 1.165) is 13.0 Å². The second-order valence-corrected chi connectivity index (χ2v) is 11.6. The minimum atomic E-state index is -1.47. The van der Waals surface area contributed by atoms with Gasteiger partial charge in [0.15, 0.2) is 0 Å². The van der Waals surface area contributed by atoms with Gasteiger partial charge in [0.25, 0.3) is 5.91 Å². The van der Waals surface area contributed by atoms with Crippen molar-refractivity contribution in [1.82, 2.24) is 0 Å². The molecule has 3 aromatic carbocycles. The van der Waals surface area contributed by atoms with E-state index < -0.39 is 51.2 Å². The van der Waals surface area contributed by atoms with E-state index in [4.69, 9.17) is 69.6 Å². The second kappa shape index (κ2) is 11.3. The fourth-order valence-corrected chi connectivity index (χ4v) is 5.58. The van der Waals surface area contributed by atoms with Gasteiger partial charge in [-0.1, -0.05) is 46.4 Å². The van der Waals surface area contributed by atoms with Gasteiger partial charge in [-0.05, 0) is 42.0 Å². The standard InChI is InChI=1S/C25H15Cl6F2N3O3/c1-9(37)34-18-8-19(17(33)7-16(18)32)36-23(38)12-6-11(2-3-13(12)26)35-24(39)21-20(25(21,30)31)10-4-14(27)22(29)15(28)5-10/h2-8,20-21H,1H3,(H,34,37)(H,35,39)(H,36,38)/t20?,21-/m1/s1. The summed E-state index contributed by atoms with van der Waals surface area (Å²) in [6, 6.07) is 8.50. The van der Waals surface area contributed by atoms with Crippen LogP contribution < -0.4 is 16.0 Å². The number of rotatable bonds is 6. The summed E-state index contributed by atoms with van der Waals surface area (Å²) in [6.07, 6.45) is 0. The summed E-state index contributed by atoms with van der Waals surface area (Å²) in [5, 5.41) is 7.57. The summed E-state index contributed by atoms with van der Waals surface area (Å²) in [5.74, 6) is -5.69. The van der Waals surface area contributed by atoms with Gasteiger partial charge in [-0.15, -0.1) is 23.2 Å². The molecular formula is C25H15Cl6F2N3O3. The van der Waals surface area contributed by atoms with E-state index in [-0.39, 0.29) is 37.0 Å². The molecule has 0 bridgehead atoms. The molecule has 1 saturated carbocycles. The predicted molar refractivity (Wildman–Crippen MR) is 151 cm³/mol. The van der Waals surface area contributed by atoms with Crippen LogP contribution in [0.15, 0.2) is 42.5 Å². The van der Waals surface area contributed by atoms with Gasteiger partial charge in [0.05, 0.1) is 42.9 Å². The highest BCUT2D eigenvalue weighted by atomic mass is 35.5. The summed E-state index contributed by atoms with van der Waals surface area (Å²) in [5.41, 5.74) is -0.207. The molecule has 204 valence electrons. The number of carbonyl (C=O) groups excluding carboxylic acids is 3. The third kappa shape index (κ3) is 6.21. The van der Waals surface area contributed by atoms with E-state index >= 15 is 0 Å². The molecule has 3 N–H and O–H groups in total. The number of benzene rings is 3. The lowest BCUT2D eigenvalue weighted by Gasteiger charge is -2.12. The molecule has 0 aromatic heterocycles. The summed E-state index contributed by atoms with van der Waals surface area (Å²) in [6.45, 7) is 1.14. The highest BCUT2D eigenvalue weighted by molar-refractivity contribution is 6.54. The van der Waals surface area contributed by atoms with E-state index in [9.17, 15) is 23.2 Å². The molecule has 0 saturated heterocycles. The van der Waals surface area contributed by atoms with Gasteiger partial charge in [-0.25, -0.2) is 8.78 Å². The quantitative estimate of drug-likeness (QED) is 0.184. The predicted octanol–water partition coefficient (Wildman–Crippen LogP) is 8.32. The Bertz CT molecular complexity index is 1510. The van der Waals surface area contributed by atoms with Gasteiger partial charge in [-0.3, -0.25) is 14.4 Å². The van der Waals surface area contributed by atoms with Crippen molar-refractivity contribution in [3.8, 4) is 0 Å². The molecular weight excluding hydrogens is 641 g/mol. The summed E-state index contributed by atoms with van der Waals surface area (Å²) < 4.78 is 26.8. The third-order valence-corrected chi connectivity index (χ3v) is 8.26. The van der Waals surface area contributed by atoms with Crippen LogP contribution in [0.5, 0.6) is 0 Å². The Kier molecular flexibility index (Phi) is 8.57. The Morgan fingerprint density at radius 2 is 1.38 bits per heavy atom. The Morgan fingerprint density at radius 1 is 0.795 bits per heavy atom. The number of hydrogen-bond donors (Lipinski definition) is 3. The van der Waals surface area contributed by atoms with E-state index in [1.807, 2.05) is 0 Å². The Labute approximate surface area is 250 Å². The van der Waals surface area contributed by atoms with Crippen LogP contribution in [0, 0.1) is 17.6 Å². The normalized spacial score (nSPS) is 17.4. The average molecular weight is 656 g/mol. The van der Waals surface area contributed by atoms with Gasteiger partial charge in [0.2, 0.25) is 11.8 Å². The monoisotopic (exact) mass is 653 g/mol. The minimum absolute atomic E-state index is 0.0196. The molecule has 0 aliphatic heterocycles. The van der Waals surface area contributed by atoms with Crippen LogP contribution in [0.4, 0.5) is 25.8 Å². The molecule has 6 nitrogen and oxygen atoms in total. The van der Waals surface area contributed by atoms with Crippen LogP contribution in [0.2, 0.25) is 20.1 Å². The van der Waals surface area contributed by atoms with Crippen LogP contribution in [-0.2, 0) is 9.59 Å². The third-order valence-electron chi connectivity index (χ3n) is 5.80. The SMILES string of the molecule is CC(=O)Nc1cc(NC(=O)c2cc(NC(=O)[C@H]3C(c4cc(Cl)c(Cl)c(Cl)c4)C3(Cl)Cl)ccc2Cl)c(F)cc1F. The number of amides is 3. The van der Waals surface area contributed by atoms with Crippen molar-refractivity contribution < 1.29 is 23.2 Å². The van der Waals surface area contributed by atoms with E-state index in [0.29, 0.717) is 11.6 Å². The van der Waals surface area contributed by atoms with E-state index in [1.165, 1.54) is 30.3 Å². The molecule has 0 radical (unpaired) electrons. The zero-order valence-electron chi connectivity index (χ0n) is 19.4. The molecule has 1 unspecified atom stereocenters. The maximum atomic E-state index is 14.3. The Hall–Kier alpha value is -2.33. The van der Waals surface area contributed by atoms with E-state index in [1.54, 1.807) is 0 Å². The zero-order chi connectivity index (χ0) is 28.8. The Morgan fingerprint density at radius 3 is 1.97 bits per heavy atom. The van der Waals surface area contributed by atoms with Crippen molar-refractivity contribution in [1.29, 1.82) is 0 Å². The molecule has 3 aromatic rings. The lowest BCUT2D eigenvalue weighted by atomic mass is 10.1. The number of halogens is 8. The summed E-state index contributed by atoms with van der Waals surface area (Å²) >= 11 is 37.1. The fourth-order valence-electron chi connectivity index (χ4n) is 3.94. The molecule has 1 fully saturated rings. The topological polar surface area (TPSA) is 87.3 Å². The van der Waals surface area contributed by atoms with Crippen LogP contribution >= 0.6 is 69.6 Å². The molecule has 1 aliphatic rings. The fraction of sp³-hybridized carbons (Fsp3) is 0.160. The smallest absolute Gasteiger partial charge is 0.257 e. The van der Waals surface area contributed by atoms with Crippen molar-refractivity contribution in [2.45, 2.75) is 17.2 Å². The van der Waals surface area contributed by atoms with Crippen molar-refractivity contribution in [2.75, 3.05) is 16.0 Å². The van der Waals surface area contributed by atoms with Gasteiger partial charge >= 0.3 is 0 Å². The molecule has 3 amide bonds. The highest BCUT2D eigenvalue weighted by Gasteiger charge is 2.67. The largest absolute Gasteiger partial charge is 0.326 e. The molecule has 39 heavy (non-hydrogen) atoms. The average Bonchev–Trinajstić information content (AvgIpc) is 3.43.